The van der Waals surface area contributed by atoms with Crippen LogP contribution in [0.3, 0.4) is 0 Å². The number of carbonyl (C=O) groups is 1. The number of hydrogen-bond acceptors (Lipinski definition) is 6. The number of methoxy groups -OCH3 is 1. The Morgan fingerprint density at radius 1 is 1.50 bits per heavy atom. The predicted octanol–water partition coefficient (Wildman–Crippen LogP) is 1.21. The van der Waals surface area contributed by atoms with Crippen LogP contribution in [0.15, 0.2) is 10.7 Å². The third-order valence-corrected chi connectivity index (χ3v) is 3.42. The minimum Gasteiger partial charge on any atom is -0.469 e. The normalized spacial score (nSPS) is 16.7. The predicted molar refractivity (Wildman–Crippen MR) is 71.1 cm³/mol. The molecule has 2 rings (SSSR count). The van der Waals surface area contributed by atoms with Crippen LogP contribution in [-0.4, -0.2) is 36.1 Å². The standard InChI is InChI=1S/C11H15BrN4O2/c1-18-10(17)7-2-4-16(5-3-7)11-14-8(12)6-9(13)15-11/h6-7H,2-5H2,1H3,(H2,13,14,15). The van der Waals surface area contributed by atoms with Gasteiger partial charge in [0.15, 0.2) is 0 Å². The fourth-order valence-corrected chi connectivity index (χ4v) is 2.44. The molecule has 0 bridgehead atoms. The molecule has 1 fully saturated rings. The number of aromatic nitrogens is 2. The molecular weight excluding hydrogens is 300 g/mol. The second-order valence-corrected chi connectivity index (χ2v) is 5.01. The lowest BCUT2D eigenvalue weighted by Gasteiger charge is -2.30. The summed E-state index contributed by atoms with van der Waals surface area (Å²) in [6.45, 7) is 1.46. The van der Waals surface area contributed by atoms with Gasteiger partial charge in [-0.2, -0.15) is 4.98 Å². The lowest BCUT2D eigenvalue weighted by molar-refractivity contribution is -0.146. The first-order valence-electron chi connectivity index (χ1n) is 5.73. The summed E-state index contributed by atoms with van der Waals surface area (Å²) in [5.41, 5.74) is 5.68. The van der Waals surface area contributed by atoms with Gasteiger partial charge in [0.2, 0.25) is 5.95 Å². The molecule has 0 radical (unpaired) electrons. The molecule has 98 valence electrons. The summed E-state index contributed by atoms with van der Waals surface area (Å²) in [4.78, 5) is 21.9. The third kappa shape index (κ3) is 2.90. The van der Waals surface area contributed by atoms with E-state index in [1.54, 1.807) is 6.07 Å². The summed E-state index contributed by atoms with van der Waals surface area (Å²) in [6.07, 6.45) is 1.50. The van der Waals surface area contributed by atoms with E-state index in [1.165, 1.54) is 7.11 Å². The molecule has 18 heavy (non-hydrogen) atoms. The van der Waals surface area contributed by atoms with E-state index in [2.05, 4.69) is 25.9 Å². The van der Waals surface area contributed by atoms with Gasteiger partial charge in [0.1, 0.15) is 10.4 Å². The molecule has 0 aliphatic carbocycles. The number of carbonyl (C=O) groups excluding carboxylic acids is 1. The van der Waals surface area contributed by atoms with Crippen molar-refractivity contribution in [1.82, 2.24) is 9.97 Å². The van der Waals surface area contributed by atoms with E-state index in [0.717, 1.165) is 25.9 Å². The van der Waals surface area contributed by atoms with Crippen LogP contribution in [0.4, 0.5) is 11.8 Å². The van der Waals surface area contributed by atoms with Crippen LogP contribution in [0.5, 0.6) is 0 Å². The number of hydrogen-bond donors (Lipinski definition) is 1. The Labute approximate surface area is 114 Å². The molecule has 1 aliphatic heterocycles. The number of nitrogen functional groups attached to an aromatic ring is 1. The van der Waals surface area contributed by atoms with Crippen LogP contribution in [0.1, 0.15) is 12.8 Å². The van der Waals surface area contributed by atoms with Gasteiger partial charge in [-0.15, -0.1) is 0 Å². The molecule has 6 nitrogen and oxygen atoms in total. The molecule has 0 amide bonds. The number of ether oxygens (including phenoxy) is 1. The number of halogens is 1. The fraction of sp³-hybridized carbons (Fsp3) is 0.545. The molecule has 1 aromatic heterocycles. The Bertz CT molecular complexity index is 426. The van der Waals surface area contributed by atoms with Crippen LogP contribution < -0.4 is 10.6 Å². The zero-order valence-electron chi connectivity index (χ0n) is 10.1. The maximum absolute atomic E-state index is 11.4. The maximum atomic E-state index is 11.4. The number of piperidine rings is 1. The molecule has 2 N–H and O–H groups in total. The van der Waals surface area contributed by atoms with Gasteiger partial charge in [0.25, 0.3) is 0 Å². The Morgan fingerprint density at radius 3 is 2.72 bits per heavy atom. The van der Waals surface area contributed by atoms with Crippen molar-refractivity contribution < 1.29 is 9.53 Å². The van der Waals surface area contributed by atoms with Crippen LogP contribution in [0.25, 0.3) is 0 Å². The number of esters is 1. The molecule has 1 aliphatic rings. The van der Waals surface area contributed by atoms with E-state index in [0.29, 0.717) is 16.4 Å². The molecule has 0 unspecified atom stereocenters. The number of nitrogens with zero attached hydrogens (tertiary/aromatic N) is 3. The van der Waals surface area contributed by atoms with Gasteiger partial charge in [0.05, 0.1) is 13.0 Å². The summed E-state index contributed by atoms with van der Waals surface area (Å²) >= 11 is 3.29. The van der Waals surface area contributed by atoms with Gasteiger partial charge in [0, 0.05) is 19.2 Å². The molecule has 0 spiro atoms. The topological polar surface area (TPSA) is 81.3 Å². The number of nitrogens with two attached hydrogens (primary N) is 1. The zero-order chi connectivity index (χ0) is 13.1. The Hall–Kier alpha value is -1.37. The molecule has 1 aromatic rings. The van der Waals surface area contributed by atoms with E-state index < -0.39 is 0 Å². The van der Waals surface area contributed by atoms with E-state index in [4.69, 9.17) is 10.5 Å². The molecule has 0 aromatic carbocycles. The average molecular weight is 315 g/mol. The number of anilines is 2. The van der Waals surface area contributed by atoms with Crippen molar-refractivity contribution in [2.45, 2.75) is 12.8 Å². The second-order valence-electron chi connectivity index (χ2n) is 4.20. The van der Waals surface area contributed by atoms with Gasteiger partial charge in [-0.05, 0) is 28.8 Å². The number of rotatable bonds is 2. The molecule has 0 saturated carbocycles. The average Bonchev–Trinajstić information content (AvgIpc) is 2.37. The lowest BCUT2D eigenvalue weighted by atomic mass is 9.97. The summed E-state index contributed by atoms with van der Waals surface area (Å²) in [7, 11) is 1.42. The van der Waals surface area contributed by atoms with Gasteiger partial charge >= 0.3 is 5.97 Å². The van der Waals surface area contributed by atoms with Crippen molar-refractivity contribution in [2.75, 3.05) is 30.8 Å². The first kappa shape index (κ1) is 13.1. The highest BCUT2D eigenvalue weighted by atomic mass is 79.9. The summed E-state index contributed by atoms with van der Waals surface area (Å²) in [5.74, 6) is 0.882. The van der Waals surface area contributed by atoms with E-state index in [9.17, 15) is 4.79 Å². The molecule has 0 atom stereocenters. The zero-order valence-corrected chi connectivity index (χ0v) is 11.7. The minimum absolute atomic E-state index is 0.0178. The smallest absolute Gasteiger partial charge is 0.308 e. The van der Waals surface area contributed by atoms with Crippen molar-refractivity contribution in [1.29, 1.82) is 0 Å². The third-order valence-electron chi connectivity index (χ3n) is 3.02. The maximum Gasteiger partial charge on any atom is 0.308 e. The van der Waals surface area contributed by atoms with Crippen molar-refractivity contribution in [3.05, 3.63) is 10.7 Å². The van der Waals surface area contributed by atoms with Crippen molar-refractivity contribution in [2.24, 2.45) is 5.92 Å². The van der Waals surface area contributed by atoms with Gasteiger partial charge in [-0.1, -0.05) is 0 Å². The van der Waals surface area contributed by atoms with Crippen molar-refractivity contribution >= 4 is 33.7 Å². The first-order valence-corrected chi connectivity index (χ1v) is 6.52. The molecule has 1 saturated heterocycles. The fourth-order valence-electron chi connectivity index (χ4n) is 2.05. The first-order chi connectivity index (χ1) is 8.60. The Kier molecular flexibility index (Phi) is 4.00. The van der Waals surface area contributed by atoms with Crippen molar-refractivity contribution in [3.8, 4) is 0 Å². The summed E-state index contributed by atoms with van der Waals surface area (Å²) in [5, 5.41) is 0. The van der Waals surface area contributed by atoms with Gasteiger partial charge in [-0.25, -0.2) is 4.98 Å². The highest BCUT2D eigenvalue weighted by molar-refractivity contribution is 9.10. The summed E-state index contributed by atoms with van der Waals surface area (Å²) < 4.78 is 5.42. The Balaban J connectivity index is 2.03. The Morgan fingerprint density at radius 2 is 2.17 bits per heavy atom. The highest BCUT2D eigenvalue weighted by Crippen LogP contribution is 2.23. The highest BCUT2D eigenvalue weighted by Gasteiger charge is 2.26. The quantitative estimate of drug-likeness (QED) is 0.652. The van der Waals surface area contributed by atoms with E-state index >= 15 is 0 Å². The largest absolute Gasteiger partial charge is 0.469 e. The minimum atomic E-state index is -0.135. The van der Waals surface area contributed by atoms with Crippen LogP contribution in [-0.2, 0) is 9.53 Å². The van der Waals surface area contributed by atoms with Crippen LogP contribution in [0.2, 0.25) is 0 Å². The molecule has 7 heteroatoms. The van der Waals surface area contributed by atoms with Crippen LogP contribution >= 0.6 is 15.9 Å². The van der Waals surface area contributed by atoms with Crippen LogP contribution in [0, 0.1) is 5.92 Å². The van der Waals surface area contributed by atoms with Crippen molar-refractivity contribution in [3.63, 3.8) is 0 Å². The SMILES string of the molecule is COC(=O)C1CCN(c2nc(N)cc(Br)n2)CC1. The van der Waals surface area contributed by atoms with Gasteiger partial charge in [-0.3, -0.25) is 4.79 Å². The van der Waals surface area contributed by atoms with Gasteiger partial charge < -0.3 is 15.4 Å². The van der Waals surface area contributed by atoms with E-state index in [1.807, 2.05) is 4.90 Å². The lowest BCUT2D eigenvalue weighted by Crippen LogP contribution is -2.37. The summed E-state index contributed by atoms with van der Waals surface area (Å²) in [6, 6.07) is 1.66. The molecule has 2 heterocycles. The molecular formula is C11H15BrN4O2. The monoisotopic (exact) mass is 314 g/mol. The van der Waals surface area contributed by atoms with E-state index in [-0.39, 0.29) is 11.9 Å². The second kappa shape index (κ2) is 5.51.